The summed E-state index contributed by atoms with van der Waals surface area (Å²) in [5.74, 6) is -2.13. The van der Waals surface area contributed by atoms with Crippen LogP contribution in [0.4, 0.5) is 14.5 Å². The van der Waals surface area contributed by atoms with E-state index in [1.165, 1.54) is 72.0 Å². The van der Waals surface area contributed by atoms with E-state index < -0.39 is 29.5 Å². The molecule has 1 N–H and O–H groups in total. The fourth-order valence-corrected chi connectivity index (χ4v) is 3.70. The summed E-state index contributed by atoms with van der Waals surface area (Å²) < 4.78 is 27.1. The van der Waals surface area contributed by atoms with E-state index in [0.717, 1.165) is 0 Å². The molecule has 0 aliphatic rings. The van der Waals surface area contributed by atoms with Crippen molar-refractivity contribution in [2.75, 3.05) is 5.32 Å². The smallest absolute Gasteiger partial charge is 0.275 e. The van der Waals surface area contributed by atoms with Crippen molar-refractivity contribution in [3.05, 3.63) is 125 Å². The lowest BCUT2D eigenvalue weighted by Gasteiger charge is -2.31. The quantitative estimate of drug-likeness (QED) is 0.373. The Balaban J connectivity index is 1.79. The van der Waals surface area contributed by atoms with E-state index in [4.69, 9.17) is 11.6 Å². The van der Waals surface area contributed by atoms with Gasteiger partial charge in [-0.3, -0.25) is 14.6 Å². The summed E-state index contributed by atoms with van der Waals surface area (Å²) in [6, 6.07) is 16.2. The van der Waals surface area contributed by atoms with Gasteiger partial charge < -0.3 is 10.2 Å². The molecule has 35 heavy (non-hydrogen) atoms. The summed E-state index contributed by atoms with van der Waals surface area (Å²) in [6.07, 6.45) is 4.09. The number of anilines is 1. The predicted molar refractivity (Wildman–Crippen MR) is 128 cm³/mol. The minimum Gasteiger partial charge on any atom is -0.324 e. The molecule has 0 bridgehead atoms. The molecular formula is C26H19ClF2N4O2. The molecule has 0 radical (unpaired) electrons. The van der Waals surface area contributed by atoms with Gasteiger partial charge in [-0.05, 0) is 53.6 Å². The van der Waals surface area contributed by atoms with Gasteiger partial charge in [0.1, 0.15) is 23.4 Å². The number of benzene rings is 3. The molecule has 1 atom stereocenters. The van der Waals surface area contributed by atoms with Crippen LogP contribution in [-0.4, -0.2) is 26.7 Å². The van der Waals surface area contributed by atoms with E-state index >= 15 is 0 Å². The zero-order valence-corrected chi connectivity index (χ0v) is 19.0. The Morgan fingerprint density at radius 2 is 1.57 bits per heavy atom. The first-order chi connectivity index (χ1) is 16.9. The summed E-state index contributed by atoms with van der Waals surface area (Å²) in [5, 5.41) is 3.11. The number of halogens is 3. The molecule has 4 rings (SSSR count). The molecule has 0 aliphatic heterocycles. The predicted octanol–water partition coefficient (Wildman–Crippen LogP) is 5.43. The van der Waals surface area contributed by atoms with E-state index in [9.17, 15) is 18.4 Å². The maximum atomic E-state index is 13.7. The Hall–Kier alpha value is -4.17. The summed E-state index contributed by atoms with van der Waals surface area (Å²) in [5.41, 5.74) is 1.29. The minimum absolute atomic E-state index is 0.0150. The number of hydrogen-bond acceptors (Lipinski definition) is 4. The van der Waals surface area contributed by atoms with Crippen LogP contribution in [0.25, 0.3) is 0 Å². The SMILES string of the molecule is O=C(Nc1ccc(F)cc1)[C@@H](c1ccc(F)cc1)N(Cc1ccccc1Cl)C(=O)c1cnccn1. The molecule has 3 aromatic carbocycles. The van der Waals surface area contributed by atoms with Crippen molar-refractivity contribution in [2.45, 2.75) is 12.6 Å². The maximum Gasteiger partial charge on any atom is 0.275 e. The monoisotopic (exact) mass is 492 g/mol. The molecule has 0 unspecified atom stereocenters. The van der Waals surface area contributed by atoms with Crippen molar-refractivity contribution in [2.24, 2.45) is 0 Å². The second-order valence-electron chi connectivity index (χ2n) is 7.57. The van der Waals surface area contributed by atoms with Crippen molar-refractivity contribution >= 4 is 29.1 Å². The molecule has 2 amide bonds. The van der Waals surface area contributed by atoms with Crippen LogP contribution in [0.2, 0.25) is 5.02 Å². The Bertz CT molecular complexity index is 1320. The molecule has 9 heteroatoms. The molecule has 6 nitrogen and oxygen atoms in total. The van der Waals surface area contributed by atoms with Crippen LogP contribution in [0.3, 0.4) is 0 Å². The van der Waals surface area contributed by atoms with Gasteiger partial charge in [-0.1, -0.05) is 41.9 Å². The summed E-state index contributed by atoms with van der Waals surface area (Å²) in [6.45, 7) is -0.0477. The van der Waals surface area contributed by atoms with Crippen molar-refractivity contribution in [1.82, 2.24) is 14.9 Å². The number of carbonyl (C=O) groups excluding carboxylic acids is 2. The van der Waals surface area contributed by atoms with Crippen molar-refractivity contribution in [3.63, 3.8) is 0 Å². The van der Waals surface area contributed by atoms with Crippen LogP contribution in [-0.2, 0) is 11.3 Å². The summed E-state index contributed by atoms with van der Waals surface area (Å²) >= 11 is 6.36. The summed E-state index contributed by atoms with van der Waals surface area (Å²) in [4.78, 5) is 36.5. The lowest BCUT2D eigenvalue weighted by molar-refractivity contribution is -0.121. The summed E-state index contributed by atoms with van der Waals surface area (Å²) in [7, 11) is 0. The van der Waals surface area contributed by atoms with Gasteiger partial charge >= 0.3 is 0 Å². The van der Waals surface area contributed by atoms with Gasteiger partial charge in [0.2, 0.25) is 0 Å². The number of nitrogens with one attached hydrogen (secondary N) is 1. The fraction of sp³-hybridized carbons (Fsp3) is 0.0769. The zero-order chi connectivity index (χ0) is 24.8. The number of aromatic nitrogens is 2. The number of rotatable bonds is 7. The van der Waals surface area contributed by atoms with Gasteiger partial charge in [-0.15, -0.1) is 0 Å². The minimum atomic E-state index is -1.20. The standard InChI is InChI=1S/C26H19ClF2N4O2/c27-22-4-2-1-3-18(22)16-33(26(35)23-15-30-13-14-31-23)24(17-5-7-19(28)8-6-17)25(34)32-21-11-9-20(29)10-12-21/h1-15,24H,16H2,(H,32,34)/t24-/m1/s1. The van der Waals surface area contributed by atoms with E-state index in [-0.39, 0.29) is 12.2 Å². The van der Waals surface area contributed by atoms with Crippen LogP contribution in [0.15, 0.2) is 91.4 Å². The average molecular weight is 493 g/mol. The number of carbonyl (C=O) groups is 2. The topological polar surface area (TPSA) is 75.2 Å². The Labute approximate surface area is 205 Å². The lowest BCUT2D eigenvalue weighted by atomic mass is 10.0. The van der Waals surface area contributed by atoms with Crippen molar-refractivity contribution in [1.29, 1.82) is 0 Å². The number of nitrogens with zero attached hydrogens (tertiary/aromatic N) is 3. The first-order valence-electron chi connectivity index (χ1n) is 10.5. The van der Waals surface area contributed by atoms with Crippen molar-refractivity contribution < 1.29 is 18.4 Å². The van der Waals surface area contributed by atoms with Crippen LogP contribution in [0, 0.1) is 11.6 Å². The first kappa shape index (κ1) is 24.0. The zero-order valence-electron chi connectivity index (χ0n) is 18.2. The van der Waals surface area contributed by atoms with E-state index in [1.807, 2.05) is 0 Å². The molecule has 1 heterocycles. The number of amides is 2. The molecule has 0 saturated heterocycles. The normalized spacial score (nSPS) is 11.5. The highest BCUT2D eigenvalue weighted by molar-refractivity contribution is 6.31. The van der Waals surface area contributed by atoms with Gasteiger partial charge in [0.15, 0.2) is 0 Å². The molecule has 0 aliphatic carbocycles. The van der Waals surface area contributed by atoms with Crippen LogP contribution in [0.5, 0.6) is 0 Å². The van der Waals surface area contributed by atoms with E-state index in [0.29, 0.717) is 21.8 Å². The molecule has 0 spiro atoms. The van der Waals surface area contributed by atoms with Crippen molar-refractivity contribution in [3.8, 4) is 0 Å². The van der Waals surface area contributed by atoms with Gasteiger partial charge in [-0.2, -0.15) is 0 Å². The van der Waals surface area contributed by atoms with Gasteiger partial charge in [0.05, 0.1) is 6.20 Å². The van der Waals surface area contributed by atoms with Crippen LogP contribution < -0.4 is 5.32 Å². The van der Waals surface area contributed by atoms with E-state index in [1.54, 1.807) is 24.3 Å². The second kappa shape index (κ2) is 10.8. The third-order valence-corrected chi connectivity index (χ3v) is 5.57. The highest BCUT2D eigenvalue weighted by atomic mass is 35.5. The molecule has 1 aromatic heterocycles. The van der Waals surface area contributed by atoms with Gasteiger partial charge in [0, 0.05) is 29.6 Å². The first-order valence-corrected chi connectivity index (χ1v) is 10.9. The van der Waals surface area contributed by atoms with Crippen LogP contribution in [0.1, 0.15) is 27.7 Å². The van der Waals surface area contributed by atoms with Gasteiger partial charge in [0.25, 0.3) is 11.8 Å². The molecule has 0 saturated carbocycles. The average Bonchev–Trinajstić information content (AvgIpc) is 2.87. The lowest BCUT2D eigenvalue weighted by Crippen LogP contribution is -2.41. The second-order valence-corrected chi connectivity index (χ2v) is 7.97. The van der Waals surface area contributed by atoms with E-state index in [2.05, 4.69) is 15.3 Å². The van der Waals surface area contributed by atoms with Crippen LogP contribution >= 0.6 is 11.6 Å². The molecule has 0 fully saturated rings. The van der Waals surface area contributed by atoms with Gasteiger partial charge in [-0.25, -0.2) is 13.8 Å². The highest BCUT2D eigenvalue weighted by Gasteiger charge is 2.33. The Morgan fingerprint density at radius 1 is 0.914 bits per heavy atom. The Morgan fingerprint density at radius 3 is 2.20 bits per heavy atom. The largest absolute Gasteiger partial charge is 0.324 e. The maximum absolute atomic E-state index is 13.7. The number of hydrogen-bond donors (Lipinski definition) is 1. The molecular weight excluding hydrogens is 474 g/mol. The highest BCUT2D eigenvalue weighted by Crippen LogP contribution is 2.29. The molecule has 4 aromatic rings. The third kappa shape index (κ3) is 5.85. The molecule has 176 valence electrons. The fourth-order valence-electron chi connectivity index (χ4n) is 3.51. The Kier molecular flexibility index (Phi) is 7.42. The third-order valence-electron chi connectivity index (χ3n) is 5.20.